The molecule has 8 nitrogen and oxygen atoms in total. The fourth-order valence-corrected chi connectivity index (χ4v) is 1.99. The zero-order valence-corrected chi connectivity index (χ0v) is 13.3. The number of carbonyl (C=O) groups excluding carboxylic acids is 2. The van der Waals surface area contributed by atoms with E-state index in [0.29, 0.717) is 23.5 Å². The van der Waals surface area contributed by atoms with Crippen molar-refractivity contribution >= 4 is 17.5 Å². The largest absolute Gasteiger partial charge is 0.496 e. The third kappa shape index (κ3) is 4.29. The molecule has 1 heterocycles. The summed E-state index contributed by atoms with van der Waals surface area (Å²) in [4.78, 5) is 25.6. The molecule has 0 aliphatic heterocycles. The number of methoxy groups -OCH3 is 1. The molecule has 0 atom stereocenters. The van der Waals surface area contributed by atoms with Crippen molar-refractivity contribution in [1.29, 1.82) is 0 Å². The maximum absolute atomic E-state index is 12.2. The molecule has 2 aromatic rings. The molecular formula is C15H19N5O3. The summed E-state index contributed by atoms with van der Waals surface area (Å²) >= 11 is 0. The van der Waals surface area contributed by atoms with E-state index < -0.39 is 0 Å². The Morgan fingerprint density at radius 2 is 1.96 bits per heavy atom. The zero-order valence-electron chi connectivity index (χ0n) is 13.3. The van der Waals surface area contributed by atoms with Crippen molar-refractivity contribution in [1.82, 2.24) is 19.7 Å². The van der Waals surface area contributed by atoms with E-state index >= 15 is 0 Å². The average Bonchev–Trinajstić information content (AvgIpc) is 3.05. The van der Waals surface area contributed by atoms with Gasteiger partial charge in [0.1, 0.15) is 18.4 Å². The van der Waals surface area contributed by atoms with Crippen LogP contribution in [0.15, 0.2) is 30.9 Å². The van der Waals surface area contributed by atoms with Crippen molar-refractivity contribution in [2.75, 3.05) is 26.5 Å². The first kappa shape index (κ1) is 16.5. The molecule has 0 aliphatic rings. The fourth-order valence-electron chi connectivity index (χ4n) is 1.99. The molecule has 0 radical (unpaired) electrons. The van der Waals surface area contributed by atoms with Crippen molar-refractivity contribution in [2.24, 2.45) is 0 Å². The number of hydrogen-bond acceptors (Lipinski definition) is 5. The monoisotopic (exact) mass is 317 g/mol. The second kappa shape index (κ2) is 7.39. The quantitative estimate of drug-likeness (QED) is 0.859. The van der Waals surface area contributed by atoms with Crippen LogP contribution in [0, 0.1) is 0 Å². The van der Waals surface area contributed by atoms with Gasteiger partial charge in [-0.3, -0.25) is 9.59 Å². The lowest BCUT2D eigenvalue weighted by Crippen LogP contribution is -2.22. The van der Waals surface area contributed by atoms with Gasteiger partial charge in [0, 0.05) is 32.7 Å². The van der Waals surface area contributed by atoms with Crippen molar-refractivity contribution in [3.8, 4) is 5.75 Å². The summed E-state index contributed by atoms with van der Waals surface area (Å²) in [6.07, 6.45) is 3.38. The van der Waals surface area contributed by atoms with Gasteiger partial charge in [-0.25, -0.2) is 0 Å². The molecule has 23 heavy (non-hydrogen) atoms. The van der Waals surface area contributed by atoms with E-state index in [1.54, 1.807) is 49.5 Å². The highest BCUT2D eigenvalue weighted by Crippen LogP contribution is 2.23. The molecule has 1 aromatic carbocycles. The Hall–Kier alpha value is -2.90. The molecule has 0 saturated carbocycles. The molecule has 2 rings (SSSR count). The van der Waals surface area contributed by atoms with Crippen LogP contribution in [0.4, 0.5) is 5.69 Å². The van der Waals surface area contributed by atoms with Gasteiger partial charge in [0.2, 0.25) is 5.91 Å². The molecule has 0 fully saturated rings. The van der Waals surface area contributed by atoms with Crippen LogP contribution in [0.25, 0.3) is 0 Å². The first-order chi connectivity index (χ1) is 11.0. The van der Waals surface area contributed by atoms with Gasteiger partial charge >= 0.3 is 0 Å². The average molecular weight is 317 g/mol. The third-order valence-electron chi connectivity index (χ3n) is 3.18. The molecule has 2 amide bonds. The zero-order chi connectivity index (χ0) is 16.8. The van der Waals surface area contributed by atoms with E-state index in [0.717, 1.165) is 0 Å². The molecule has 0 bridgehead atoms. The number of anilines is 1. The maximum Gasteiger partial charge on any atom is 0.257 e. The summed E-state index contributed by atoms with van der Waals surface area (Å²) < 4.78 is 6.91. The van der Waals surface area contributed by atoms with Crippen LogP contribution in [0.1, 0.15) is 16.8 Å². The van der Waals surface area contributed by atoms with Crippen molar-refractivity contribution in [2.45, 2.75) is 13.0 Å². The van der Waals surface area contributed by atoms with Crippen LogP contribution in [-0.4, -0.2) is 52.7 Å². The summed E-state index contributed by atoms with van der Waals surface area (Å²) in [5, 5.41) is 10.1. The van der Waals surface area contributed by atoms with Gasteiger partial charge < -0.3 is 19.5 Å². The van der Waals surface area contributed by atoms with E-state index in [1.165, 1.54) is 12.0 Å². The number of carbonyl (C=O) groups is 2. The summed E-state index contributed by atoms with van der Waals surface area (Å²) in [7, 11) is 4.82. The maximum atomic E-state index is 12.2. The molecule has 0 aliphatic carbocycles. The minimum Gasteiger partial charge on any atom is -0.496 e. The lowest BCUT2D eigenvalue weighted by atomic mass is 10.1. The number of aryl methyl sites for hydroxylation is 1. The second-order valence-corrected chi connectivity index (χ2v) is 5.11. The Bertz CT molecular complexity index is 682. The SMILES string of the molecule is COc1ccc(NC(=O)CCn2cnnc2)cc1C(=O)N(C)C. The Morgan fingerprint density at radius 3 is 2.57 bits per heavy atom. The van der Waals surface area contributed by atoms with Gasteiger partial charge in [-0.05, 0) is 18.2 Å². The summed E-state index contributed by atoms with van der Waals surface area (Å²) in [5.41, 5.74) is 0.943. The molecule has 0 spiro atoms. The molecule has 0 unspecified atom stereocenters. The highest BCUT2D eigenvalue weighted by Gasteiger charge is 2.15. The van der Waals surface area contributed by atoms with Crippen LogP contribution in [0.2, 0.25) is 0 Å². The van der Waals surface area contributed by atoms with Crippen molar-refractivity contribution < 1.29 is 14.3 Å². The Morgan fingerprint density at radius 1 is 1.26 bits per heavy atom. The standard InChI is InChI=1S/C15H19N5O3/c1-19(2)15(22)12-8-11(4-5-13(12)23-3)18-14(21)6-7-20-9-16-17-10-20/h4-5,8-10H,6-7H2,1-3H3,(H,18,21). The molecule has 122 valence electrons. The van der Waals surface area contributed by atoms with Crippen molar-refractivity contribution in [3.63, 3.8) is 0 Å². The van der Waals surface area contributed by atoms with Crippen LogP contribution in [0.5, 0.6) is 5.75 Å². The Balaban J connectivity index is 2.06. The normalized spacial score (nSPS) is 10.2. The van der Waals surface area contributed by atoms with Gasteiger partial charge in [-0.1, -0.05) is 0 Å². The predicted octanol–water partition coefficient (Wildman–Crippen LogP) is 1.02. The first-order valence-corrected chi connectivity index (χ1v) is 7.03. The summed E-state index contributed by atoms with van der Waals surface area (Å²) in [5.74, 6) is 0.112. The van der Waals surface area contributed by atoms with E-state index in [9.17, 15) is 9.59 Å². The van der Waals surface area contributed by atoms with Gasteiger partial charge in [0.25, 0.3) is 5.91 Å². The van der Waals surface area contributed by atoms with Crippen molar-refractivity contribution in [3.05, 3.63) is 36.4 Å². The molecule has 0 saturated heterocycles. The lowest BCUT2D eigenvalue weighted by Gasteiger charge is -2.15. The molecule has 1 N–H and O–H groups in total. The van der Waals surface area contributed by atoms with Gasteiger partial charge in [0.15, 0.2) is 0 Å². The highest BCUT2D eigenvalue weighted by atomic mass is 16.5. The van der Waals surface area contributed by atoms with Gasteiger partial charge in [0.05, 0.1) is 12.7 Å². The summed E-state index contributed by atoms with van der Waals surface area (Å²) in [6.45, 7) is 0.485. The topological polar surface area (TPSA) is 89.3 Å². The fraction of sp³-hybridized carbons (Fsp3) is 0.333. The van der Waals surface area contributed by atoms with E-state index in [1.807, 2.05) is 0 Å². The Labute approximate surface area is 134 Å². The third-order valence-corrected chi connectivity index (χ3v) is 3.18. The second-order valence-electron chi connectivity index (χ2n) is 5.11. The number of aromatic nitrogens is 3. The number of nitrogens with zero attached hydrogens (tertiary/aromatic N) is 4. The highest BCUT2D eigenvalue weighted by molar-refractivity contribution is 5.99. The number of hydrogen-bond donors (Lipinski definition) is 1. The lowest BCUT2D eigenvalue weighted by molar-refractivity contribution is -0.116. The first-order valence-electron chi connectivity index (χ1n) is 7.03. The number of nitrogens with one attached hydrogen (secondary N) is 1. The number of amides is 2. The number of rotatable bonds is 6. The van der Waals surface area contributed by atoms with Gasteiger partial charge in [-0.2, -0.15) is 0 Å². The number of benzene rings is 1. The van der Waals surface area contributed by atoms with Crippen LogP contribution in [-0.2, 0) is 11.3 Å². The Kier molecular flexibility index (Phi) is 5.29. The summed E-state index contributed by atoms with van der Waals surface area (Å²) in [6, 6.07) is 4.96. The smallest absolute Gasteiger partial charge is 0.257 e. The predicted molar refractivity (Wildman–Crippen MR) is 84.3 cm³/mol. The number of ether oxygens (including phenoxy) is 1. The minimum absolute atomic E-state index is 0.160. The molecular weight excluding hydrogens is 298 g/mol. The van der Waals surface area contributed by atoms with Crippen LogP contribution >= 0.6 is 0 Å². The van der Waals surface area contributed by atoms with Gasteiger partial charge in [-0.15, -0.1) is 10.2 Å². The van der Waals surface area contributed by atoms with Crippen LogP contribution in [0.3, 0.4) is 0 Å². The van der Waals surface area contributed by atoms with E-state index in [4.69, 9.17) is 4.74 Å². The molecule has 1 aromatic heterocycles. The van der Waals surface area contributed by atoms with E-state index in [-0.39, 0.29) is 18.2 Å². The minimum atomic E-state index is -0.192. The molecule has 8 heteroatoms. The van der Waals surface area contributed by atoms with Crippen LogP contribution < -0.4 is 10.1 Å². The van der Waals surface area contributed by atoms with E-state index in [2.05, 4.69) is 15.5 Å².